The van der Waals surface area contributed by atoms with Gasteiger partial charge in [0.1, 0.15) is 5.52 Å². The third-order valence-electron chi connectivity index (χ3n) is 3.01. The average Bonchev–Trinajstić information content (AvgIpc) is 2.76. The van der Waals surface area contributed by atoms with Gasteiger partial charge in [0.15, 0.2) is 5.82 Å². The van der Waals surface area contributed by atoms with Crippen molar-refractivity contribution in [2.45, 2.75) is 26.3 Å². The topological polar surface area (TPSA) is 45.5 Å². The van der Waals surface area contributed by atoms with Crippen LogP contribution >= 0.6 is 0 Å². The van der Waals surface area contributed by atoms with Gasteiger partial charge in [-0.15, -0.1) is 0 Å². The van der Waals surface area contributed by atoms with Gasteiger partial charge in [0.05, 0.1) is 6.20 Å². The normalized spacial score (nSPS) is 13.4. The Bertz CT molecular complexity index is 507. The van der Waals surface area contributed by atoms with E-state index >= 15 is 0 Å². The Morgan fingerprint density at radius 3 is 2.79 bits per heavy atom. The molecule has 2 aromatic rings. The van der Waals surface area contributed by atoms with Crippen LogP contribution in [0.25, 0.3) is 5.52 Å². The van der Waals surface area contributed by atoms with E-state index in [9.17, 15) is 0 Å². The lowest BCUT2D eigenvalue weighted by atomic mass is 10.0. The molecule has 2 aromatic heterocycles. The first-order valence-electron chi connectivity index (χ1n) is 6.76. The monoisotopic (exact) mass is 261 g/mol. The number of fused-ring (bicyclic) bond motifs is 1. The quantitative estimate of drug-likeness (QED) is 0.865. The van der Waals surface area contributed by atoms with Crippen LogP contribution in [-0.4, -0.2) is 46.2 Å². The van der Waals surface area contributed by atoms with Crippen molar-refractivity contribution in [2.24, 2.45) is 5.92 Å². The van der Waals surface area contributed by atoms with Crippen molar-refractivity contribution in [3.05, 3.63) is 24.7 Å². The third kappa shape index (κ3) is 3.67. The maximum atomic E-state index is 4.44. The molecule has 0 amide bonds. The van der Waals surface area contributed by atoms with Crippen molar-refractivity contribution < 1.29 is 0 Å². The molecule has 0 bridgehead atoms. The molecular weight excluding hydrogens is 238 g/mol. The minimum Gasteiger partial charge on any atom is -0.364 e. The summed E-state index contributed by atoms with van der Waals surface area (Å²) < 4.78 is 1.84. The minimum atomic E-state index is 0.392. The molecule has 0 aliphatic heterocycles. The number of anilines is 1. The van der Waals surface area contributed by atoms with Crippen molar-refractivity contribution in [1.29, 1.82) is 0 Å². The number of hydrogen-bond donors (Lipinski definition) is 1. The van der Waals surface area contributed by atoms with Crippen LogP contribution in [0.5, 0.6) is 0 Å². The zero-order valence-electron chi connectivity index (χ0n) is 12.2. The van der Waals surface area contributed by atoms with E-state index in [0.29, 0.717) is 12.0 Å². The van der Waals surface area contributed by atoms with Gasteiger partial charge < -0.3 is 10.2 Å². The Hall–Kier alpha value is -1.62. The summed E-state index contributed by atoms with van der Waals surface area (Å²) in [6, 6.07) is 2.38. The summed E-state index contributed by atoms with van der Waals surface area (Å²) in [7, 11) is 4.20. The number of rotatable bonds is 6. The summed E-state index contributed by atoms with van der Waals surface area (Å²) in [6.07, 6.45) is 6.56. The summed E-state index contributed by atoms with van der Waals surface area (Å²) in [5.41, 5.74) is 1.02. The lowest BCUT2D eigenvalue weighted by molar-refractivity contribution is 0.356. The second-order valence-electron chi connectivity index (χ2n) is 5.67. The highest BCUT2D eigenvalue weighted by atomic mass is 15.2. The number of aromatic nitrogens is 3. The van der Waals surface area contributed by atoms with Crippen LogP contribution in [0.1, 0.15) is 20.3 Å². The SMILES string of the molecule is CC(C)CC(CN(C)C)Nc1nccn2nccc12. The maximum absolute atomic E-state index is 4.44. The van der Waals surface area contributed by atoms with Crippen LogP contribution < -0.4 is 5.32 Å². The van der Waals surface area contributed by atoms with E-state index in [1.165, 1.54) is 0 Å². The molecule has 0 spiro atoms. The van der Waals surface area contributed by atoms with Gasteiger partial charge >= 0.3 is 0 Å². The first-order chi connectivity index (χ1) is 9.06. The van der Waals surface area contributed by atoms with Crippen molar-refractivity contribution in [3.8, 4) is 0 Å². The Morgan fingerprint density at radius 1 is 1.32 bits per heavy atom. The van der Waals surface area contributed by atoms with Crippen molar-refractivity contribution >= 4 is 11.3 Å². The average molecular weight is 261 g/mol. The fourth-order valence-corrected chi connectivity index (χ4v) is 2.35. The van der Waals surface area contributed by atoms with E-state index in [4.69, 9.17) is 0 Å². The lowest BCUT2D eigenvalue weighted by Crippen LogP contribution is -2.33. The molecular formula is C14H23N5. The number of likely N-dealkylation sites (N-methyl/N-ethyl adjacent to an activating group) is 1. The maximum Gasteiger partial charge on any atom is 0.152 e. The molecule has 0 aliphatic rings. The molecule has 5 nitrogen and oxygen atoms in total. The molecule has 1 N–H and O–H groups in total. The van der Waals surface area contributed by atoms with E-state index < -0.39 is 0 Å². The molecule has 2 heterocycles. The van der Waals surface area contributed by atoms with Crippen molar-refractivity contribution in [1.82, 2.24) is 19.5 Å². The molecule has 0 aliphatic carbocycles. The highest BCUT2D eigenvalue weighted by Crippen LogP contribution is 2.16. The summed E-state index contributed by atoms with van der Waals surface area (Å²) >= 11 is 0. The second kappa shape index (κ2) is 6.02. The molecule has 0 radical (unpaired) electrons. The molecule has 104 valence electrons. The molecule has 0 saturated heterocycles. The molecule has 19 heavy (non-hydrogen) atoms. The smallest absolute Gasteiger partial charge is 0.152 e. The number of nitrogens with one attached hydrogen (secondary N) is 1. The van der Waals surface area contributed by atoms with Crippen LogP contribution in [0.3, 0.4) is 0 Å². The Labute approximate surface area is 114 Å². The van der Waals surface area contributed by atoms with Crippen LogP contribution in [0.2, 0.25) is 0 Å². The fraction of sp³-hybridized carbons (Fsp3) is 0.571. The van der Waals surface area contributed by atoms with Gasteiger partial charge in [0.2, 0.25) is 0 Å². The third-order valence-corrected chi connectivity index (χ3v) is 3.01. The van der Waals surface area contributed by atoms with E-state index in [0.717, 1.165) is 24.3 Å². The Morgan fingerprint density at radius 2 is 2.11 bits per heavy atom. The zero-order valence-corrected chi connectivity index (χ0v) is 12.2. The molecule has 1 atom stereocenters. The van der Waals surface area contributed by atoms with Crippen LogP contribution in [-0.2, 0) is 0 Å². The second-order valence-corrected chi connectivity index (χ2v) is 5.67. The summed E-state index contributed by atoms with van der Waals surface area (Å²) in [5, 5.41) is 7.79. The molecule has 2 rings (SSSR count). The predicted octanol–water partition coefficient (Wildman–Crippen LogP) is 2.12. The molecule has 0 fully saturated rings. The van der Waals surface area contributed by atoms with Gasteiger partial charge in [-0.3, -0.25) is 0 Å². The largest absolute Gasteiger partial charge is 0.364 e. The molecule has 0 aromatic carbocycles. The van der Waals surface area contributed by atoms with Crippen molar-refractivity contribution in [3.63, 3.8) is 0 Å². The minimum absolute atomic E-state index is 0.392. The Balaban J connectivity index is 2.17. The fourth-order valence-electron chi connectivity index (χ4n) is 2.35. The first kappa shape index (κ1) is 13.8. The van der Waals surface area contributed by atoms with Crippen LogP contribution in [0.15, 0.2) is 24.7 Å². The molecule has 5 heteroatoms. The van der Waals surface area contributed by atoms with Gasteiger partial charge in [-0.25, -0.2) is 9.50 Å². The van der Waals surface area contributed by atoms with E-state index in [2.05, 4.69) is 48.2 Å². The zero-order chi connectivity index (χ0) is 13.8. The first-order valence-corrected chi connectivity index (χ1v) is 6.76. The molecule has 1 unspecified atom stereocenters. The highest BCUT2D eigenvalue weighted by molar-refractivity contribution is 5.67. The van der Waals surface area contributed by atoms with Crippen LogP contribution in [0.4, 0.5) is 5.82 Å². The highest BCUT2D eigenvalue weighted by Gasteiger charge is 2.14. The van der Waals surface area contributed by atoms with E-state index in [1.54, 1.807) is 12.4 Å². The van der Waals surface area contributed by atoms with E-state index in [-0.39, 0.29) is 0 Å². The summed E-state index contributed by atoms with van der Waals surface area (Å²) in [5.74, 6) is 1.56. The number of hydrogen-bond acceptors (Lipinski definition) is 4. The van der Waals surface area contributed by atoms with Crippen LogP contribution in [0, 0.1) is 5.92 Å². The predicted molar refractivity (Wildman–Crippen MR) is 78.4 cm³/mol. The van der Waals surface area contributed by atoms with Gasteiger partial charge in [0, 0.05) is 25.0 Å². The summed E-state index contributed by atoms with van der Waals surface area (Å²) in [4.78, 5) is 6.65. The van der Waals surface area contributed by atoms with E-state index in [1.807, 2.05) is 16.8 Å². The molecule has 0 saturated carbocycles. The van der Waals surface area contributed by atoms with Gasteiger partial charge in [-0.2, -0.15) is 5.10 Å². The van der Waals surface area contributed by atoms with Crippen molar-refractivity contribution in [2.75, 3.05) is 26.0 Å². The Kier molecular flexibility index (Phi) is 4.37. The van der Waals surface area contributed by atoms with Gasteiger partial charge in [-0.1, -0.05) is 13.8 Å². The van der Waals surface area contributed by atoms with Gasteiger partial charge in [-0.05, 0) is 32.5 Å². The summed E-state index contributed by atoms with van der Waals surface area (Å²) in [6.45, 7) is 5.49. The standard InChI is InChI=1S/C14H23N5/c1-11(2)9-12(10-18(3)4)17-14-13-5-6-16-19(13)8-7-15-14/h5-8,11-12H,9-10H2,1-4H3,(H,15,17). The lowest BCUT2D eigenvalue weighted by Gasteiger charge is -2.24. The number of nitrogens with zero attached hydrogens (tertiary/aromatic N) is 4. The van der Waals surface area contributed by atoms with Gasteiger partial charge in [0.25, 0.3) is 0 Å².